The minimum absolute atomic E-state index is 0.109. The number of hydrogen-bond donors (Lipinski definition) is 1. The van der Waals surface area contributed by atoms with Gasteiger partial charge in [0.05, 0.1) is 12.1 Å². The molecule has 1 aliphatic carbocycles. The summed E-state index contributed by atoms with van der Waals surface area (Å²) < 4.78 is 7.88. The number of benzene rings is 2. The summed E-state index contributed by atoms with van der Waals surface area (Å²) in [5.74, 6) is 0.509. The van der Waals surface area contributed by atoms with Crippen molar-refractivity contribution in [1.29, 1.82) is 0 Å². The molecule has 1 N–H and O–H groups in total. The lowest BCUT2D eigenvalue weighted by Gasteiger charge is -2.47. The molecule has 0 radical (unpaired) electrons. The number of nitrogens with zero attached hydrogens (tertiary/aromatic N) is 2. The molecule has 37 heavy (non-hydrogen) atoms. The van der Waals surface area contributed by atoms with E-state index in [0.717, 1.165) is 48.1 Å². The first-order chi connectivity index (χ1) is 18.1. The molecular formula is C31H33N3O3. The zero-order valence-electron chi connectivity index (χ0n) is 21.3. The number of rotatable bonds is 5. The molecule has 6 rings (SSSR count). The number of carbonyl (C=O) groups is 2. The van der Waals surface area contributed by atoms with Crippen molar-refractivity contribution in [3.63, 3.8) is 0 Å². The second kappa shape index (κ2) is 9.58. The van der Waals surface area contributed by atoms with E-state index in [4.69, 9.17) is 4.42 Å². The van der Waals surface area contributed by atoms with E-state index in [1.165, 1.54) is 12.8 Å². The molecule has 0 unspecified atom stereocenters. The number of hydrogen-bond acceptors (Lipinski definition) is 3. The fraction of sp³-hybridized carbons (Fsp3) is 0.355. The number of nitrogens with one attached hydrogen (secondary N) is 1. The third-order valence-corrected chi connectivity index (χ3v) is 8.03. The lowest BCUT2D eigenvalue weighted by atomic mass is 9.83. The van der Waals surface area contributed by atoms with Crippen LogP contribution in [-0.2, 0) is 23.4 Å². The van der Waals surface area contributed by atoms with E-state index >= 15 is 0 Å². The van der Waals surface area contributed by atoms with Crippen LogP contribution in [0.3, 0.4) is 0 Å². The highest BCUT2D eigenvalue weighted by Crippen LogP contribution is 2.41. The second-order valence-corrected chi connectivity index (χ2v) is 10.5. The highest BCUT2D eigenvalue weighted by Gasteiger charge is 2.53. The van der Waals surface area contributed by atoms with Gasteiger partial charge >= 0.3 is 0 Å². The van der Waals surface area contributed by atoms with Crippen LogP contribution in [0.5, 0.6) is 0 Å². The van der Waals surface area contributed by atoms with Gasteiger partial charge in [0.2, 0.25) is 0 Å². The van der Waals surface area contributed by atoms with E-state index in [9.17, 15) is 9.59 Å². The second-order valence-electron chi connectivity index (χ2n) is 10.5. The normalized spacial score (nSPS) is 20.6. The lowest BCUT2D eigenvalue weighted by Crippen LogP contribution is -2.63. The first-order valence-electron chi connectivity index (χ1n) is 13.4. The van der Waals surface area contributed by atoms with Crippen LogP contribution in [-0.4, -0.2) is 27.3 Å². The Kier molecular flexibility index (Phi) is 6.11. The zero-order valence-corrected chi connectivity index (χ0v) is 21.3. The fourth-order valence-corrected chi connectivity index (χ4v) is 6.13. The highest BCUT2D eigenvalue weighted by molar-refractivity contribution is 6.03. The van der Waals surface area contributed by atoms with E-state index in [1.54, 1.807) is 4.90 Å². The minimum Gasteiger partial charge on any atom is -0.460 e. The predicted molar refractivity (Wildman–Crippen MR) is 143 cm³/mol. The average Bonchev–Trinajstić information content (AvgIpc) is 3.31. The predicted octanol–water partition coefficient (Wildman–Crippen LogP) is 5.93. The number of aryl methyl sites for hydroxylation is 1. The lowest BCUT2D eigenvalue weighted by molar-refractivity contribution is -0.136. The van der Waals surface area contributed by atoms with E-state index in [0.29, 0.717) is 24.4 Å². The Bertz CT molecular complexity index is 1410. The Morgan fingerprint density at radius 1 is 0.973 bits per heavy atom. The molecule has 1 aliphatic heterocycles. The number of fused-ring (bicyclic) bond motifs is 3. The number of furan rings is 1. The van der Waals surface area contributed by atoms with Crippen molar-refractivity contribution in [1.82, 2.24) is 14.8 Å². The smallest absolute Gasteiger partial charge is 0.272 e. The average molecular weight is 496 g/mol. The largest absolute Gasteiger partial charge is 0.460 e. The molecule has 1 saturated carbocycles. The fourth-order valence-electron chi connectivity index (χ4n) is 6.13. The Morgan fingerprint density at radius 3 is 2.35 bits per heavy atom. The Balaban J connectivity index is 1.52. The molecule has 6 heteroatoms. The maximum atomic E-state index is 14.6. The molecular weight excluding hydrogens is 462 g/mol. The van der Waals surface area contributed by atoms with Crippen molar-refractivity contribution in [2.75, 3.05) is 0 Å². The van der Waals surface area contributed by atoms with Gasteiger partial charge in [-0.05, 0) is 30.9 Å². The first kappa shape index (κ1) is 23.6. The minimum atomic E-state index is -1.20. The molecule has 190 valence electrons. The van der Waals surface area contributed by atoms with E-state index < -0.39 is 5.54 Å². The first-order valence-corrected chi connectivity index (χ1v) is 13.4. The molecule has 1 atom stereocenters. The van der Waals surface area contributed by atoms with Crippen LogP contribution in [0.4, 0.5) is 0 Å². The van der Waals surface area contributed by atoms with Crippen molar-refractivity contribution in [2.24, 2.45) is 0 Å². The summed E-state index contributed by atoms with van der Waals surface area (Å²) in [5, 5.41) is 3.41. The van der Waals surface area contributed by atoms with Gasteiger partial charge in [-0.3, -0.25) is 9.59 Å². The van der Waals surface area contributed by atoms with E-state index in [2.05, 4.69) is 5.32 Å². The van der Waals surface area contributed by atoms with Crippen molar-refractivity contribution in [3.8, 4) is 0 Å². The quantitative estimate of drug-likeness (QED) is 0.349. The van der Waals surface area contributed by atoms with Gasteiger partial charge in [0, 0.05) is 24.7 Å². The van der Waals surface area contributed by atoms with Crippen LogP contribution in [0.25, 0.3) is 11.1 Å². The molecule has 2 aromatic heterocycles. The Hall–Kier alpha value is -3.80. The molecule has 2 amide bonds. The number of carbonyl (C=O) groups excluding carboxylic acids is 2. The summed E-state index contributed by atoms with van der Waals surface area (Å²) in [4.78, 5) is 30.7. The summed E-state index contributed by atoms with van der Waals surface area (Å²) >= 11 is 0. The van der Waals surface area contributed by atoms with Gasteiger partial charge < -0.3 is 19.2 Å². The summed E-state index contributed by atoms with van der Waals surface area (Å²) in [6.45, 7) is 2.56. The van der Waals surface area contributed by atoms with Gasteiger partial charge in [-0.15, -0.1) is 0 Å². The van der Waals surface area contributed by atoms with Gasteiger partial charge in [0.25, 0.3) is 11.8 Å². The molecule has 0 saturated heterocycles. The molecule has 0 spiro atoms. The number of amides is 2. The molecule has 1 fully saturated rings. The van der Waals surface area contributed by atoms with Crippen LogP contribution >= 0.6 is 0 Å². The van der Waals surface area contributed by atoms with Crippen molar-refractivity contribution in [3.05, 3.63) is 95.4 Å². The van der Waals surface area contributed by atoms with Crippen molar-refractivity contribution >= 4 is 22.9 Å². The maximum Gasteiger partial charge on any atom is 0.272 e. The van der Waals surface area contributed by atoms with Crippen LogP contribution < -0.4 is 5.32 Å². The summed E-state index contributed by atoms with van der Waals surface area (Å²) in [6.07, 6.45) is 6.60. The standard InChI is InChI=1S/C31H33N3O3/c1-22-18-26-28(37-22)19-27-29(35)34(20-23-12-6-4-7-13-23)31(21-33(26)27,24-14-8-5-9-15-24)30(36)32-25-16-10-2-3-11-17-25/h4-9,12-15,18-19,25H,2-3,10-11,16-17,20-21H2,1H3,(H,32,36)/t31-/m1/s1. The molecule has 2 aliphatic rings. The third-order valence-electron chi connectivity index (χ3n) is 8.03. The summed E-state index contributed by atoms with van der Waals surface area (Å²) in [5.41, 5.74) is 2.68. The van der Waals surface area contributed by atoms with Crippen LogP contribution in [0.2, 0.25) is 0 Å². The summed E-state index contributed by atoms with van der Waals surface area (Å²) in [6, 6.07) is 23.6. The van der Waals surface area contributed by atoms with Gasteiger partial charge in [0.15, 0.2) is 11.1 Å². The van der Waals surface area contributed by atoms with Gasteiger partial charge in [-0.25, -0.2) is 0 Å². The molecule has 2 aromatic carbocycles. The Morgan fingerprint density at radius 2 is 1.65 bits per heavy atom. The highest BCUT2D eigenvalue weighted by atomic mass is 16.3. The monoisotopic (exact) mass is 495 g/mol. The Labute approximate surface area is 217 Å². The van der Waals surface area contributed by atoms with Crippen LogP contribution in [0, 0.1) is 6.92 Å². The molecule has 0 bridgehead atoms. The summed E-state index contributed by atoms with van der Waals surface area (Å²) in [7, 11) is 0. The number of aromatic nitrogens is 1. The van der Waals surface area contributed by atoms with Crippen molar-refractivity contribution < 1.29 is 14.0 Å². The van der Waals surface area contributed by atoms with E-state index in [1.807, 2.05) is 84.3 Å². The SMILES string of the molecule is Cc1cc2c(cc3n2C[C@](C(=O)NC2CCCCCC2)(c2ccccc2)N(Cc2ccccc2)C3=O)o1. The van der Waals surface area contributed by atoms with Gasteiger partial charge in [0.1, 0.15) is 11.5 Å². The van der Waals surface area contributed by atoms with Gasteiger partial charge in [-0.1, -0.05) is 86.3 Å². The maximum absolute atomic E-state index is 14.6. The van der Waals surface area contributed by atoms with Crippen molar-refractivity contribution in [2.45, 2.75) is 70.1 Å². The zero-order chi connectivity index (χ0) is 25.4. The van der Waals surface area contributed by atoms with Crippen LogP contribution in [0.15, 0.2) is 77.2 Å². The molecule has 4 aromatic rings. The molecule has 6 nitrogen and oxygen atoms in total. The van der Waals surface area contributed by atoms with Crippen LogP contribution in [0.1, 0.15) is 65.9 Å². The van der Waals surface area contributed by atoms with Gasteiger partial charge in [-0.2, -0.15) is 0 Å². The van der Waals surface area contributed by atoms with E-state index in [-0.39, 0.29) is 17.9 Å². The third kappa shape index (κ3) is 4.14. The molecule has 3 heterocycles. The topological polar surface area (TPSA) is 67.5 Å².